The van der Waals surface area contributed by atoms with Crippen molar-refractivity contribution in [3.05, 3.63) is 188 Å². The number of aromatic nitrogens is 3. The summed E-state index contributed by atoms with van der Waals surface area (Å²) in [4.78, 5) is 5.09. The lowest BCUT2D eigenvalue weighted by Crippen LogP contribution is -1.95. The molecule has 0 aliphatic heterocycles. The second kappa shape index (κ2) is 12.2. The molecule has 0 amide bonds. The molecule has 13 rings (SSSR count). The van der Waals surface area contributed by atoms with Crippen molar-refractivity contribution in [2.75, 3.05) is 0 Å². The molecular formula is C53H31N3S2. The maximum atomic E-state index is 5.09. The van der Waals surface area contributed by atoms with Crippen molar-refractivity contribution in [3.63, 3.8) is 0 Å². The van der Waals surface area contributed by atoms with Gasteiger partial charge in [-0.3, -0.25) is 4.98 Å². The minimum atomic E-state index is 0.977. The number of benzene rings is 8. The van der Waals surface area contributed by atoms with Crippen LogP contribution in [-0.2, 0) is 0 Å². The summed E-state index contributed by atoms with van der Waals surface area (Å²) in [5, 5.41) is 10.1. The van der Waals surface area contributed by atoms with E-state index in [-0.39, 0.29) is 0 Å². The molecule has 13 aromatic rings. The number of hydrogen-bond donors (Lipinski definition) is 0. The van der Waals surface area contributed by atoms with Crippen LogP contribution >= 0.6 is 22.7 Å². The van der Waals surface area contributed by atoms with Gasteiger partial charge in [0.05, 0.1) is 39.1 Å². The van der Waals surface area contributed by atoms with Crippen molar-refractivity contribution >= 4 is 107 Å². The quantitative estimate of drug-likeness (QED) is 0.175. The largest absolute Gasteiger partial charge is 0.309 e. The molecule has 0 saturated heterocycles. The van der Waals surface area contributed by atoms with Crippen LogP contribution in [0.3, 0.4) is 0 Å². The highest BCUT2D eigenvalue weighted by molar-refractivity contribution is 7.26. The first-order valence-corrected chi connectivity index (χ1v) is 21.3. The number of nitrogens with zero attached hydrogens (tertiary/aromatic N) is 3. The maximum absolute atomic E-state index is 5.09. The number of para-hydroxylation sites is 2. The van der Waals surface area contributed by atoms with Crippen molar-refractivity contribution in [3.8, 4) is 33.8 Å². The number of fused-ring (bicyclic) bond motifs is 12. The standard InChI is InChI=1S/C53H31N3S2/c1-5-17-41-35(12-1)39-30-32(25-27-43(39)55(41)45-19-9-23-49-51(45)37-14-3-7-21-47(37)57-49)34-16-11-29-54-53(34)33-26-28-44-40(31-33)36-13-2-6-18-42(36)56(44)46-20-10-24-50-52(46)38-15-4-8-22-48(38)58-50/h1-31H. The minimum Gasteiger partial charge on any atom is -0.309 e. The lowest BCUT2D eigenvalue weighted by molar-refractivity contribution is 1.20. The number of pyridine rings is 1. The van der Waals surface area contributed by atoms with Crippen LogP contribution in [0.2, 0.25) is 0 Å². The van der Waals surface area contributed by atoms with E-state index in [0.717, 1.165) is 22.4 Å². The van der Waals surface area contributed by atoms with Gasteiger partial charge in [-0.1, -0.05) is 103 Å². The summed E-state index contributed by atoms with van der Waals surface area (Å²) >= 11 is 3.73. The molecule has 5 heterocycles. The maximum Gasteiger partial charge on any atom is 0.0780 e. The van der Waals surface area contributed by atoms with Crippen LogP contribution in [0.1, 0.15) is 0 Å². The number of hydrogen-bond acceptors (Lipinski definition) is 3. The van der Waals surface area contributed by atoms with Crippen molar-refractivity contribution < 1.29 is 0 Å². The lowest BCUT2D eigenvalue weighted by Gasteiger charge is -2.12. The Morgan fingerprint density at radius 3 is 1.40 bits per heavy atom. The number of rotatable bonds is 4. The van der Waals surface area contributed by atoms with E-state index in [1.54, 1.807) is 0 Å². The van der Waals surface area contributed by atoms with E-state index in [0.29, 0.717) is 0 Å². The molecule has 5 aromatic heterocycles. The highest BCUT2D eigenvalue weighted by atomic mass is 32.1. The Morgan fingerprint density at radius 1 is 0.345 bits per heavy atom. The molecule has 0 bridgehead atoms. The third kappa shape index (κ3) is 4.51. The van der Waals surface area contributed by atoms with Crippen molar-refractivity contribution in [1.82, 2.24) is 14.1 Å². The van der Waals surface area contributed by atoms with Gasteiger partial charge >= 0.3 is 0 Å². The van der Waals surface area contributed by atoms with Crippen LogP contribution in [0.4, 0.5) is 0 Å². The van der Waals surface area contributed by atoms with Gasteiger partial charge in [-0.2, -0.15) is 0 Å². The molecule has 0 aliphatic carbocycles. The van der Waals surface area contributed by atoms with Crippen LogP contribution < -0.4 is 0 Å². The van der Waals surface area contributed by atoms with Crippen LogP contribution in [0.15, 0.2) is 188 Å². The first kappa shape index (κ1) is 32.1. The van der Waals surface area contributed by atoms with Crippen LogP contribution in [-0.4, -0.2) is 14.1 Å². The van der Waals surface area contributed by atoms with E-state index in [1.807, 2.05) is 28.9 Å². The van der Waals surface area contributed by atoms with E-state index in [9.17, 15) is 0 Å². The molecule has 8 aromatic carbocycles. The normalized spacial score (nSPS) is 12.1. The summed E-state index contributed by atoms with van der Waals surface area (Å²) in [6.45, 7) is 0. The highest BCUT2D eigenvalue weighted by Crippen LogP contribution is 2.44. The van der Waals surface area contributed by atoms with Crippen molar-refractivity contribution in [2.24, 2.45) is 0 Å². The van der Waals surface area contributed by atoms with Gasteiger partial charge in [0.25, 0.3) is 0 Å². The van der Waals surface area contributed by atoms with E-state index >= 15 is 0 Å². The van der Waals surface area contributed by atoms with Crippen molar-refractivity contribution in [1.29, 1.82) is 0 Å². The average molecular weight is 774 g/mol. The highest BCUT2D eigenvalue weighted by Gasteiger charge is 2.21. The van der Waals surface area contributed by atoms with E-state index < -0.39 is 0 Å². The fourth-order valence-corrected chi connectivity index (χ4v) is 11.8. The van der Waals surface area contributed by atoms with Crippen LogP contribution in [0.25, 0.3) is 118 Å². The van der Waals surface area contributed by atoms with Gasteiger partial charge in [0.15, 0.2) is 0 Å². The second-order valence-electron chi connectivity index (χ2n) is 15.1. The molecule has 0 fully saturated rings. The molecule has 0 radical (unpaired) electrons. The Morgan fingerprint density at radius 2 is 0.810 bits per heavy atom. The third-order valence-corrected chi connectivity index (χ3v) is 14.3. The SMILES string of the molecule is c1cnc(-c2ccc3c(c2)c2ccccc2n3-c2cccc3sc4ccccc4c23)c(-c2ccc3c(c2)c2ccccc2n3-c2cccc3sc4ccccc4c23)c1. The van der Waals surface area contributed by atoms with Gasteiger partial charge in [0.2, 0.25) is 0 Å². The second-order valence-corrected chi connectivity index (χ2v) is 17.2. The van der Waals surface area contributed by atoms with Gasteiger partial charge in [-0.05, 0) is 84.4 Å². The third-order valence-electron chi connectivity index (χ3n) is 12.0. The molecule has 0 N–H and O–H groups in total. The smallest absolute Gasteiger partial charge is 0.0780 e. The fraction of sp³-hybridized carbons (Fsp3) is 0. The van der Waals surface area contributed by atoms with Gasteiger partial charge in [-0.25, -0.2) is 0 Å². The molecule has 58 heavy (non-hydrogen) atoms. The van der Waals surface area contributed by atoms with Gasteiger partial charge in [-0.15, -0.1) is 22.7 Å². The predicted octanol–water partition coefficient (Wildman–Crippen LogP) is 15.3. The molecule has 0 aliphatic rings. The molecule has 0 saturated carbocycles. The fourth-order valence-electron chi connectivity index (χ4n) is 9.53. The first-order chi connectivity index (χ1) is 28.8. The monoisotopic (exact) mass is 773 g/mol. The molecule has 0 unspecified atom stereocenters. The van der Waals surface area contributed by atoms with Crippen LogP contribution in [0, 0.1) is 0 Å². The molecular weight excluding hydrogens is 743 g/mol. The zero-order valence-corrected chi connectivity index (χ0v) is 32.7. The zero-order valence-electron chi connectivity index (χ0n) is 31.1. The van der Waals surface area contributed by atoms with Gasteiger partial charge < -0.3 is 9.13 Å². The Balaban J connectivity index is 0.999. The molecule has 270 valence electrons. The molecule has 3 nitrogen and oxygen atoms in total. The summed E-state index contributed by atoms with van der Waals surface area (Å²) in [7, 11) is 0. The Kier molecular flexibility index (Phi) is 6.76. The zero-order chi connectivity index (χ0) is 37.9. The molecule has 0 atom stereocenters. The minimum absolute atomic E-state index is 0.977. The Hall–Kier alpha value is -7.05. The Labute approximate surface area is 340 Å². The predicted molar refractivity (Wildman–Crippen MR) is 250 cm³/mol. The number of thiophene rings is 2. The van der Waals surface area contributed by atoms with E-state index in [1.165, 1.54) is 95.3 Å². The summed E-state index contributed by atoms with van der Waals surface area (Å²) in [6.07, 6.45) is 1.92. The topological polar surface area (TPSA) is 22.8 Å². The first-order valence-electron chi connectivity index (χ1n) is 19.6. The summed E-state index contributed by atoms with van der Waals surface area (Å²) in [6, 6.07) is 66.8. The average Bonchev–Trinajstić information content (AvgIpc) is 4.04. The Bertz CT molecular complexity index is 3570. The summed E-state index contributed by atoms with van der Waals surface area (Å²) in [5.41, 5.74) is 11.6. The van der Waals surface area contributed by atoms with Crippen LogP contribution in [0.5, 0.6) is 0 Å². The van der Waals surface area contributed by atoms with Gasteiger partial charge in [0.1, 0.15) is 0 Å². The van der Waals surface area contributed by atoms with E-state index in [4.69, 9.17) is 4.98 Å². The summed E-state index contributed by atoms with van der Waals surface area (Å²) in [5.74, 6) is 0. The van der Waals surface area contributed by atoms with Gasteiger partial charge in [0, 0.05) is 79.2 Å². The lowest BCUT2D eigenvalue weighted by atomic mass is 9.97. The molecule has 5 heteroatoms. The van der Waals surface area contributed by atoms with E-state index in [2.05, 4.69) is 191 Å². The summed E-state index contributed by atoms with van der Waals surface area (Å²) < 4.78 is 10.1. The molecule has 0 spiro atoms. The van der Waals surface area contributed by atoms with Crippen molar-refractivity contribution in [2.45, 2.75) is 0 Å².